The molecule has 19 heavy (non-hydrogen) atoms. The van der Waals surface area contributed by atoms with Gasteiger partial charge in [-0.25, -0.2) is 4.79 Å². The lowest BCUT2D eigenvalue weighted by Crippen LogP contribution is -2.01. The zero-order valence-corrected chi connectivity index (χ0v) is 10.5. The van der Waals surface area contributed by atoms with Crippen LogP contribution in [0.1, 0.15) is 21.8 Å². The van der Waals surface area contributed by atoms with Crippen molar-refractivity contribution in [3.05, 3.63) is 41.3 Å². The Morgan fingerprint density at radius 2 is 2.16 bits per heavy atom. The van der Waals surface area contributed by atoms with Crippen LogP contribution in [-0.4, -0.2) is 23.3 Å². The first-order valence-corrected chi connectivity index (χ1v) is 5.56. The van der Waals surface area contributed by atoms with Gasteiger partial charge in [0.15, 0.2) is 11.5 Å². The highest BCUT2D eigenvalue weighted by atomic mass is 16.5. The molecule has 6 heteroatoms. The number of ether oxygens (including phenoxy) is 2. The average Bonchev–Trinajstić information content (AvgIpc) is 2.81. The molecule has 0 aliphatic carbocycles. The first-order valence-electron chi connectivity index (χ1n) is 5.56. The fraction of sp³-hybridized carbons (Fsp3) is 0.231. The first-order chi connectivity index (χ1) is 9.10. The van der Waals surface area contributed by atoms with E-state index in [-0.39, 0.29) is 12.2 Å². The van der Waals surface area contributed by atoms with Crippen molar-refractivity contribution in [2.75, 3.05) is 7.11 Å². The molecule has 0 amide bonds. The summed E-state index contributed by atoms with van der Waals surface area (Å²) in [6.07, 6.45) is 0. The molecule has 0 radical (unpaired) electrons. The molecule has 1 heterocycles. The van der Waals surface area contributed by atoms with E-state index in [0.29, 0.717) is 23.0 Å². The number of aromatic carboxylic acids is 1. The number of carboxylic acids is 1. The maximum Gasteiger partial charge on any atom is 0.335 e. The van der Waals surface area contributed by atoms with Gasteiger partial charge in [0.2, 0.25) is 0 Å². The van der Waals surface area contributed by atoms with Crippen molar-refractivity contribution < 1.29 is 23.9 Å². The lowest BCUT2D eigenvalue weighted by molar-refractivity contribution is 0.0696. The predicted molar refractivity (Wildman–Crippen MR) is 65.5 cm³/mol. The van der Waals surface area contributed by atoms with Gasteiger partial charge in [0.1, 0.15) is 18.1 Å². The second kappa shape index (κ2) is 5.43. The Balaban J connectivity index is 2.17. The normalized spacial score (nSPS) is 10.2. The lowest BCUT2D eigenvalue weighted by Gasteiger charge is -2.10. The summed E-state index contributed by atoms with van der Waals surface area (Å²) >= 11 is 0. The molecule has 2 aromatic rings. The highest BCUT2D eigenvalue weighted by Crippen LogP contribution is 2.28. The lowest BCUT2D eigenvalue weighted by atomic mass is 10.2. The van der Waals surface area contributed by atoms with E-state index >= 15 is 0 Å². The standard InChI is InChI=1S/C13H13NO5/c1-8-5-10(14-19-8)7-18-12-6-9(13(15)16)3-4-11(12)17-2/h3-6H,7H2,1-2H3,(H,15,16). The number of aromatic nitrogens is 1. The number of benzene rings is 1. The third kappa shape index (κ3) is 3.04. The molecule has 0 unspecified atom stereocenters. The molecule has 2 rings (SSSR count). The van der Waals surface area contributed by atoms with E-state index in [1.54, 1.807) is 19.1 Å². The number of nitrogens with zero attached hydrogens (tertiary/aromatic N) is 1. The monoisotopic (exact) mass is 263 g/mol. The van der Waals surface area contributed by atoms with Crippen LogP contribution in [0.15, 0.2) is 28.8 Å². The SMILES string of the molecule is COc1ccc(C(=O)O)cc1OCc1cc(C)on1. The van der Waals surface area contributed by atoms with Gasteiger partial charge >= 0.3 is 5.97 Å². The van der Waals surface area contributed by atoms with Gasteiger partial charge in [-0.3, -0.25) is 0 Å². The Kier molecular flexibility index (Phi) is 3.70. The molecule has 1 N–H and O–H groups in total. The van der Waals surface area contributed by atoms with Gasteiger partial charge < -0.3 is 19.1 Å². The molecule has 0 saturated heterocycles. The molecule has 0 aliphatic heterocycles. The molecule has 0 bridgehead atoms. The zero-order valence-electron chi connectivity index (χ0n) is 10.5. The molecule has 100 valence electrons. The number of carboxylic acid groups (broad SMARTS) is 1. The van der Waals surface area contributed by atoms with Crippen LogP contribution in [0, 0.1) is 6.92 Å². The number of carbonyl (C=O) groups is 1. The summed E-state index contributed by atoms with van der Waals surface area (Å²) in [5.74, 6) is 0.475. The first kappa shape index (κ1) is 12.9. The van der Waals surface area contributed by atoms with Crippen molar-refractivity contribution in [1.29, 1.82) is 0 Å². The van der Waals surface area contributed by atoms with Gasteiger partial charge in [0.25, 0.3) is 0 Å². The Morgan fingerprint density at radius 1 is 1.37 bits per heavy atom. The summed E-state index contributed by atoms with van der Waals surface area (Å²) in [5.41, 5.74) is 0.757. The quantitative estimate of drug-likeness (QED) is 0.891. The second-order valence-corrected chi connectivity index (χ2v) is 3.89. The van der Waals surface area contributed by atoms with E-state index < -0.39 is 5.97 Å². The topological polar surface area (TPSA) is 81.8 Å². The van der Waals surface area contributed by atoms with Crippen molar-refractivity contribution in [3.63, 3.8) is 0 Å². The number of rotatable bonds is 5. The van der Waals surface area contributed by atoms with Crippen LogP contribution in [0.25, 0.3) is 0 Å². The van der Waals surface area contributed by atoms with Crippen LogP contribution in [0.4, 0.5) is 0 Å². The number of aryl methyl sites for hydroxylation is 1. The predicted octanol–water partition coefficient (Wildman–Crippen LogP) is 2.27. The summed E-state index contributed by atoms with van der Waals surface area (Å²) < 4.78 is 15.5. The largest absolute Gasteiger partial charge is 0.493 e. The summed E-state index contributed by atoms with van der Waals surface area (Å²) in [5, 5.41) is 12.7. The van der Waals surface area contributed by atoms with Crippen LogP contribution in [0.2, 0.25) is 0 Å². The average molecular weight is 263 g/mol. The highest BCUT2D eigenvalue weighted by molar-refractivity contribution is 5.88. The molecule has 0 spiro atoms. The van der Waals surface area contributed by atoms with Crippen LogP contribution >= 0.6 is 0 Å². The number of hydrogen-bond acceptors (Lipinski definition) is 5. The molecular formula is C13H13NO5. The third-order valence-electron chi connectivity index (χ3n) is 2.46. The number of methoxy groups -OCH3 is 1. The Hall–Kier alpha value is -2.50. The fourth-order valence-corrected chi connectivity index (χ4v) is 1.56. The molecular weight excluding hydrogens is 250 g/mol. The fourth-order valence-electron chi connectivity index (χ4n) is 1.56. The van der Waals surface area contributed by atoms with Crippen molar-refractivity contribution >= 4 is 5.97 Å². The molecule has 6 nitrogen and oxygen atoms in total. The van der Waals surface area contributed by atoms with E-state index in [1.807, 2.05) is 0 Å². The molecule has 1 aromatic heterocycles. The van der Waals surface area contributed by atoms with E-state index in [1.165, 1.54) is 19.2 Å². The van der Waals surface area contributed by atoms with E-state index in [0.717, 1.165) is 0 Å². The van der Waals surface area contributed by atoms with Gasteiger partial charge in [-0.15, -0.1) is 0 Å². The Bertz CT molecular complexity index is 590. The summed E-state index contributed by atoms with van der Waals surface area (Å²) in [7, 11) is 1.49. The van der Waals surface area contributed by atoms with Gasteiger partial charge in [-0.1, -0.05) is 5.16 Å². The highest BCUT2D eigenvalue weighted by Gasteiger charge is 2.11. The van der Waals surface area contributed by atoms with Crippen molar-refractivity contribution in [3.8, 4) is 11.5 Å². The van der Waals surface area contributed by atoms with Crippen molar-refractivity contribution in [2.24, 2.45) is 0 Å². The van der Waals surface area contributed by atoms with Crippen LogP contribution in [0.3, 0.4) is 0 Å². The Morgan fingerprint density at radius 3 is 2.74 bits per heavy atom. The molecule has 1 aromatic carbocycles. The minimum Gasteiger partial charge on any atom is -0.493 e. The second-order valence-electron chi connectivity index (χ2n) is 3.89. The van der Waals surface area contributed by atoms with Crippen molar-refractivity contribution in [1.82, 2.24) is 5.16 Å². The van der Waals surface area contributed by atoms with E-state index in [9.17, 15) is 4.79 Å². The van der Waals surface area contributed by atoms with Crippen LogP contribution in [0.5, 0.6) is 11.5 Å². The van der Waals surface area contributed by atoms with Crippen LogP contribution < -0.4 is 9.47 Å². The van der Waals surface area contributed by atoms with Gasteiger partial charge in [0, 0.05) is 6.07 Å². The maximum atomic E-state index is 10.9. The summed E-state index contributed by atoms with van der Waals surface area (Å²) in [6, 6.07) is 6.16. The maximum absolute atomic E-state index is 10.9. The summed E-state index contributed by atoms with van der Waals surface area (Å²) in [4.78, 5) is 10.9. The molecule has 0 fully saturated rings. The zero-order chi connectivity index (χ0) is 13.8. The minimum atomic E-state index is -1.02. The third-order valence-corrected chi connectivity index (χ3v) is 2.46. The molecule has 0 atom stereocenters. The minimum absolute atomic E-state index is 0.132. The number of hydrogen-bond donors (Lipinski definition) is 1. The smallest absolute Gasteiger partial charge is 0.335 e. The van der Waals surface area contributed by atoms with Gasteiger partial charge in [-0.05, 0) is 25.1 Å². The van der Waals surface area contributed by atoms with E-state index in [2.05, 4.69) is 5.16 Å². The van der Waals surface area contributed by atoms with Crippen LogP contribution in [-0.2, 0) is 6.61 Å². The van der Waals surface area contributed by atoms with Gasteiger partial charge in [-0.2, -0.15) is 0 Å². The van der Waals surface area contributed by atoms with Crippen molar-refractivity contribution in [2.45, 2.75) is 13.5 Å². The van der Waals surface area contributed by atoms with Gasteiger partial charge in [0.05, 0.1) is 12.7 Å². The van der Waals surface area contributed by atoms with E-state index in [4.69, 9.17) is 19.1 Å². The molecule has 0 saturated carbocycles. The molecule has 0 aliphatic rings. The Labute approximate surface area is 109 Å². The summed E-state index contributed by atoms with van der Waals surface area (Å²) in [6.45, 7) is 1.96.